The van der Waals surface area contributed by atoms with E-state index in [9.17, 15) is 4.79 Å². The van der Waals surface area contributed by atoms with Crippen molar-refractivity contribution in [2.24, 2.45) is 9.98 Å². The van der Waals surface area contributed by atoms with Crippen molar-refractivity contribution in [2.75, 3.05) is 13.1 Å². The molecule has 14 heavy (non-hydrogen) atoms. The van der Waals surface area contributed by atoms with E-state index in [1.54, 1.807) is 0 Å². The van der Waals surface area contributed by atoms with Crippen LogP contribution in [0.15, 0.2) is 9.98 Å². The Kier molecular flexibility index (Phi) is 9.38. The summed E-state index contributed by atoms with van der Waals surface area (Å²) in [6.07, 6.45) is 6.69. The lowest BCUT2D eigenvalue weighted by molar-refractivity contribution is -0.118. The van der Waals surface area contributed by atoms with E-state index in [2.05, 4.69) is 9.98 Å². The number of carbonyl (C=O) groups is 1. The van der Waals surface area contributed by atoms with Gasteiger partial charge in [-0.3, -0.25) is 14.8 Å². The van der Waals surface area contributed by atoms with Gasteiger partial charge in [0.05, 0.1) is 0 Å². The second-order valence-electron chi connectivity index (χ2n) is 3.03. The van der Waals surface area contributed by atoms with Gasteiger partial charge in [-0.2, -0.15) is 0 Å². The smallest absolute Gasteiger partial charge is 0.136 e. The van der Waals surface area contributed by atoms with Crippen molar-refractivity contribution in [3.63, 3.8) is 0 Å². The average Bonchev–Trinajstić information content (AvgIpc) is 2.19. The average molecular weight is 196 g/mol. The maximum Gasteiger partial charge on any atom is 0.136 e. The van der Waals surface area contributed by atoms with Gasteiger partial charge in [0.2, 0.25) is 0 Å². The zero-order valence-corrected chi connectivity index (χ0v) is 9.20. The van der Waals surface area contributed by atoms with Gasteiger partial charge in [-0.15, -0.1) is 0 Å². The highest BCUT2D eigenvalue weighted by Crippen LogP contribution is 1.91. The van der Waals surface area contributed by atoms with Gasteiger partial charge in [0, 0.05) is 25.9 Å². The molecule has 0 rings (SSSR count). The van der Waals surface area contributed by atoms with E-state index in [-0.39, 0.29) is 5.78 Å². The Morgan fingerprint density at radius 1 is 1.00 bits per heavy atom. The van der Waals surface area contributed by atoms with Gasteiger partial charge in [-0.25, -0.2) is 0 Å². The van der Waals surface area contributed by atoms with E-state index in [1.807, 2.05) is 26.3 Å². The highest BCUT2D eigenvalue weighted by atomic mass is 16.1. The minimum absolute atomic E-state index is 0.256. The summed E-state index contributed by atoms with van der Waals surface area (Å²) in [6, 6.07) is 0. The molecule has 0 saturated carbocycles. The second-order valence-corrected chi connectivity index (χ2v) is 3.03. The summed E-state index contributed by atoms with van der Waals surface area (Å²) in [4.78, 5) is 19.4. The summed E-state index contributed by atoms with van der Waals surface area (Å²) in [7, 11) is 0. The molecular formula is C11H20N2O. The standard InChI is InChI=1S/C11H20N2O/c1-3-7-12-9-5-11(14)6-10-13-8-4-2/h7-8H,3-6,9-10H2,1-2H3. The van der Waals surface area contributed by atoms with Crippen LogP contribution in [0.5, 0.6) is 0 Å². The van der Waals surface area contributed by atoms with E-state index < -0.39 is 0 Å². The van der Waals surface area contributed by atoms with Gasteiger partial charge in [-0.05, 0) is 25.3 Å². The molecule has 0 spiro atoms. The van der Waals surface area contributed by atoms with Crippen molar-refractivity contribution in [1.82, 2.24) is 0 Å². The van der Waals surface area contributed by atoms with Crippen molar-refractivity contribution < 1.29 is 4.79 Å². The number of rotatable bonds is 8. The normalized spacial score (nSPS) is 11.6. The Morgan fingerprint density at radius 3 is 1.79 bits per heavy atom. The molecule has 0 aromatic heterocycles. The quantitative estimate of drug-likeness (QED) is 0.549. The van der Waals surface area contributed by atoms with Crippen LogP contribution in [0.4, 0.5) is 0 Å². The van der Waals surface area contributed by atoms with Gasteiger partial charge < -0.3 is 0 Å². The number of aliphatic imine (C=N–C) groups is 2. The minimum atomic E-state index is 0.256. The van der Waals surface area contributed by atoms with E-state index in [0.29, 0.717) is 25.9 Å². The predicted octanol–water partition coefficient (Wildman–Crippen LogP) is 2.30. The summed E-state index contributed by atoms with van der Waals surface area (Å²) < 4.78 is 0. The fourth-order valence-electron chi connectivity index (χ4n) is 0.944. The van der Waals surface area contributed by atoms with Crippen molar-refractivity contribution >= 4 is 18.2 Å². The van der Waals surface area contributed by atoms with Crippen LogP contribution in [0.1, 0.15) is 39.5 Å². The van der Waals surface area contributed by atoms with E-state index >= 15 is 0 Å². The van der Waals surface area contributed by atoms with Crippen LogP contribution >= 0.6 is 0 Å². The molecule has 0 unspecified atom stereocenters. The fourth-order valence-corrected chi connectivity index (χ4v) is 0.944. The Balaban J connectivity index is 3.37. The zero-order valence-electron chi connectivity index (χ0n) is 9.20. The van der Waals surface area contributed by atoms with Gasteiger partial charge >= 0.3 is 0 Å². The highest BCUT2D eigenvalue weighted by Gasteiger charge is 1.98. The van der Waals surface area contributed by atoms with E-state index in [1.165, 1.54) is 0 Å². The molecule has 0 radical (unpaired) electrons. The van der Waals surface area contributed by atoms with Crippen LogP contribution in [0.25, 0.3) is 0 Å². The summed E-state index contributed by atoms with van der Waals surface area (Å²) in [6.45, 7) is 5.32. The topological polar surface area (TPSA) is 41.8 Å². The molecule has 0 aliphatic carbocycles. The molecule has 0 aliphatic heterocycles. The van der Waals surface area contributed by atoms with Gasteiger partial charge in [-0.1, -0.05) is 13.8 Å². The highest BCUT2D eigenvalue weighted by molar-refractivity contribution is 5.79. The maximum absolute atomic E-state index is 11.2. The minimum Gasteiger partial charge on any atom is -0.300 e. The molecule has 0 aromatic carbocycles. The molecule has 3 nitrogen and oxygen atoms in total. The van der Waals surface area contributed by atoms with Crippen molar-refractivity contribution in [2.45, 2.75) is 39.5 Å². The van der Waals surface area contributed by atoms with Gasteiger partial charge in [0.25, 0.3) is 0 Å². The first-order valence-corrected chi connectivity index (χ1v) is 5.29. The summed E-state index contributed by atoms with van der Waals surface area (Å²) in [5.41, 5.74) is 0. The lowest BCUT2D eigenvalue weighted by Gasteiger charge is -1.94. The first kappa shape index (κ1) is 13.0. The Hall–Kier alpha value is -0.990. The lowest BCUT2D eigenvalue weighted by atomic mass is 10.2. The number of hydrogen-bond acceptors (Lipinski definition) is 3. The number of hydrogen-bond donors (Lipinski definition) is 0. The molecule has 0 N–H and O–H groups in total. The molecule has 0 heterocycles. The molecule has 0 saturated heterocycles. The molecule has 0 amide bonds. The van der Waals surface area contributed by atoms with E-state index in [4.69, 9.17) is 0 Å². The molecule has 0 atom stereocenters. The van der Waals surface area contributed by atoms with E-state index in [0.717, 1.165) is 12.8 Å². The van der Waals surface area contributed by atoms with Crippen LogP contribution in [0.3, 0.4) is 0 Å². The first-order chi connectivity index (χ1) is 6.81. The summed E-state index contributed by atoms with van der Waals surface area (Å²) >= 11 is 0. The Labute approximate surface area is 86.3 Å². The first-order valence-electron chi connectivity index (χ1n) is 5.29. The molecule has 0 fully saturated rings. The third-order valence-corrected chi connectivity index (χ3v) is 1.66. The Bertz CT molecular complexity index is 177. The van der Waals surface area contributed by atoms with Crippen molar-refractivity contribution in [3.05, 3.63) is 0 Å². The van der Waals surface area contributed by atoms with Crippen LogP contribution < -0.4 is 0 Å². The van der Waals surface area contributed by atoms with Crippen LogP contribution in [0, 0.1) is 0 Å². The van der Waals surface area contributed by atoms with Crippen LogP contribution in [0.2, 0.25) is 0 Å². The second kappa shape index (κ2) is 10.1. The molecule has 0 bridgehead atoms. The summed E-state index contributed by atoms with van der Waals surface area (Å²) in [5.74, 6) is 0.256. The Morgan fingerprint density at radius 2 is 1.43 bits per heavy atom. The van der Waals surface area contributed by atoms with Crippen molar-refractivity contribution in [1.29, 1.82) is 0 Å². The van der Waals surface area contributed by atoms with Gasteiger partial charge in [0.15, 0.2) is 0 Å². The largest absolute Gasteiger partial charge is 0.300 e. The molecular weight excluding hydrogens is 176 g/mol. The number of nitrogens with zero attached hydrogens (tertiary/aromatic N) is 2. The third-order valence-electron chi connectivity index (χ3n) is 1.66. The zero-order chi connectivity index (χ0) is 10.6. The number of carbonyl (C=O) groups excluding carboxylic acids is 1. The lowest BCUT2D eigenvalue weighted by Crippen LogP contribution is -2.02. The maximum atomic E-state index is 11.2. The molecule has 0 aliphatic rings. The van der Waals surface area contributed by atoms with Crippen LogP contribution in [-0.2, 0) is 4.79 Å². The molecule has 3 heteroatoms. The number of Topliss-reactive ketones (excluding diaryl/α,β-unsaturated/α-hetero) is 1. The molecule has 0 aromatic rings. The van der Waals surface area contributed by atoms with Gasteiger partial charge in [0.1, 0.15) is 5.78 Å². The van der Waals surface area contributed by atoms with Crippen molar-refractivity contribution in [3.8, 4) is 0 Å². The molecule has 80 valence electrons. The predicted molar refractivity (Wildman–Crippen MR) is 61.5 cm³/mol. The van der Waals surface area contributed by atoms with Crippen LogP contribution in [-0.4, -0.2) is 31.3 Å². The third kappa shape index (κ3) is 9.10. The monoisotopic (exact) mass is 196 g/mol. The SMILES string of the molecule is CCC=NCCC(=O)CCN=CCC. The number of ketones is 1. The fraction of sp³-hybridized carbons (Fsp3) is 0.727. The summed E-state index contributed by atoms with van der Waals surface area (Å²) in [5, 5.41) is 0.